The molecule has 0 fully saturated rings. The molecule has 19 heavy (non-hydrogen) atoms. The summed E-state index contributed by atoms with van der Waals surface area (Å²) in [4.78, 5) is 0. The van der Waals surface area contributed by atoms with Crippen molar-refractivity contribution in [3.8, 4) is 0 Å². The molecule has 4 nitrogen and oxygen atoms in total. The summed E-state index contributed by atoms with van der Waals surface area (Å²) in [6, 6.07) is 7.50. The van der Waals surface area contributed by atoms with Crippen LogP contribution in [0.5, 0.6) is 0 Å². The molecule has 2 rings (SSSR count). The van der Waals surface area contributed by atoms with Crippen LogP contribution < -0.4 is 0 Å². The van der Waals surface area contributed by atoms with Gasteiger partial charge >= 0.3 is 6.18 Å². The summed E-state index contributed by atoms with van der Waals surface area (Å²) in [7, 11) is 0. The van der Waals surface area contributed by atoms with Crippen molar-refractivity contribution in [2.24, 2.45) is 5.16 Å². The minimum absolute atomic E-state index is 0.0702. The molecule has 7 heteroatoms. The fraction of sp³-hybridized carbons (Fsp3) is 0.0833. The topological polar surface area (TPSA) is 58.4 Å². The summed E-state index contributed by atoms with van der Waals surface area (Å²) in [5.41, 5.74) is -0.601. The van der Waals surface area contributed by atoms with E-state index in [1.165, 1.54) is 24.4 Å². The zero-order valence-corrected chi connectivity index (χ0v) is 9.46. The number of aromatic nitrogens is 2. The van der Waals surface area contributed by atoms with Crippen LogP contribution >= 0.6 is 0 Å². The molecule has 1 N–H and O–H groups in total. The first-order valence-electron chi connectivity index (χ1n) is 5.20. The number of rotatable bonds is 2. The highest BCUT2D eigenvalue weighted by Gasteiger charge is 2.30. The largest absolute Gasteiger partial charge is 0.416 e. The van der Waals surface area contributed by atoms with Crippen LogP contribution in [0.15, 0.2) is 47.8 Å². The van der Waals surface area contributed by atoms with E-state index in [1.807, 2.05) is 0 Å². The van der Waals surface area contributed by atoms with Gasteiger partial charge in [0.25, 0.3) is 0 Å². The molecule has 0 atom stereocenters. The maximum absolute atomic E-state index is 12.6. The highest BCUT2D eigenvalue weighted by Crippen LogP contribution is 2.29. The van der Waals surface area contributed by atoms with Crippen molar-refractivity contribution in [3.63, 3.8) is 0 Å². The normalized spacial score (nSPS) is 12.5. The Kier molecular flexibility index (Phi) is 3.46. The Balaban J connectivity index is 2.47. The number of benzene rings is 1. The molecule has 2 aromatic rings. The van der Waals surface area contributed by atoms with E-state index in [2.05, 4.69) is 15.4 Å². The van der Waals surface area contributed by atoms with Crippen LogP contribution in [0.4, 0.5) is 13.2 Å². The molecule has 0 amide bonds. The Morgan fingerprint density at radius 3 is 2.53 bits per heavy atom. The first kappa shape index (κ1) is 13.0. The van der Waals surface area contributed by atoms with Gasteiger partial charge in [-0.3, -0.25) is 0 Å². The molecule has 0 unspecified atom stereocenters. The molecule has 1 aromatic carbocycles. The Bertz CT molecular complexity index is 597. The number of hydrogen-bond donors (Lipinski definition) is 1. The molecule has 98 valence electrons. The van der Waals surface area contributed by atoms with E-state index in [4.69, 9.17) is 5.21 Å². The average Bonchev–Trinajstić information content (AvgIpc) is 2.40. The lowest BCUT2D eigenvalue weighted by molar-refractivity contribution is -0.137. The van der Waals surface area contributed by atoms with Gasteiger partial charge in [0.05, 0.1) is 5.56 Å². The monoisotopic (exact) mass is 267 g/mol. The van der Waals surface area contributed by atoms with E-state index < -0.39 is 11.7 Å². The van der Waals surface area contributed by atoms with Crippen molar-refractivity contribution in [1.29, 1.82) is 0 Å². The smallest absolute Gasteiger partial charge is 0.410 e. The number of nitrogens with zero attached hydrogens (tertiary/aromatic N) is 3. The zero-order valence-electron chi connectivity index (χ0n) is 9.46. The fourth-order valence-electron chi connectivity index (χ4n) is 1.53. The first-order chi connectivity index (χ1) is 9.02. The fourth-order valence-corrected chi connectivity index (χ4v) is 1.53. The van der Waals surface area contributed by atoms with Crippen LogP contribution in [-0.2, 0) is 6.18 Å². The van der Waals surface area contributed by atoms with Crippen LogP contribution in [0.1, 0.15) is 16.8 Å². The highest BCUT2D eigenvalue weighted by atomic mass is 19.4. The molecule has 0 aliphatic rings. The lowest BCUT2D eigenvalue weighted by atomic mass is 10.0. The lowest BCUT2D eigenvalue weighted by Gasteiger charge is -2.09. The predicted molar refractivity (Wildman–Crippen MR) is 60.9 cm³/mol. The summed E-state index contributed by atoms with van der Waals surface area (Å²) in [5.74, 6) is 0. The maximum atomic E-state index is 12.6. The molecule has 0 saturated heterocycles. The van der Waals surface area contributed by atoms with Gasteiger partial charge in [-0.25, -0.2) is 0 Å². The van der Waals surface area contributed by atoms with E-state index in [9.17, 15) is 13.2 Å². The van der Waals surface area contributed by atoms with Gasteiger partial charge in [-0.05, 0) is 24.3 Å². The van der Waals surface area contributed by atoms with Gasteiger partial charge in [0.15, 0.2) is 0 Å². The van der Waals surface area contributed by atoms with E-state index in [0.717, 1.165) is 12.1 Å². The standard InChI is InChI=1S/C12H8F3N3O/c13-12(14,15)9-4-1-3-8(7-9)11(18-19)10-5-2-6-16-17-10/h1-7,19H. The van der Waals surface area contributed by atoms with Gasteiger partial charge in [-0.1, -0.05) is 17.3 Å². The summed E-state index contributed by atoms with van der Waals surface area (Å²) in [6.07, 6.45) is -3.05. The molecule has 0 aliphatic carbocycles. The van der Waals surface area contributed by atoms with Crippen LogP contribution in [0, 0.1) is 0 Å². The van der Waals surface area contributed by atoms with Crippen molar-refractivity contribution < 1.29 is 18.4 Å². The second-order valence-electron chi connectivity index (χ2n) is 3.64. The molecule has 0 radical (unpaired) electrons. The Hall–Kier alpha value is -2.44. The second kappa shape index (κ2) is 5.05. The third kappa shape index (κ3) is 2.87. The van der Waals surface area contributed by atoms with Crippen molar-refractivity contribution in [2.45, 2.75) is 6.18 Å². The van der Waals surface area contributed by atoms with E-state index >= 15 is 0 Å². The highest BCUT2D eigenvalue weighted by molar-refractivity contribution is 6.11. The summed E-state index contributed by atoms with van der Waals surface area (Å²) >= 11 is 0. The minimum atomic E-state index is -4.46. The van der Waals surface area contributed by atoms with Crippen LogP contribution in [-0.4, -0.2) is 21.1 Å². The molecule has 0 spiro atoms. The quantitative estimate of drug-likeness (QED) is 0.517. The predicted octanol–water partition coefficient (Wildman–Crippen LogP) is 2.72. The van der Waals surface area contributed by atoms with Crippen LogP contribution in [0.3, 0.4) is 0 Å². The molecule has 1 heterocycles. The van der Waals surface area contributed by atoms with Gasteiger partial charge in [0.1, 0.15) is 11.4 Å². The van der Waals surface area contributed by atoms with Gasteiger partial charge in [0.2, 0.25) is 0 Å². The van der Waals surface area contributed by atoms with Crippen molar-refractivity contribution in [3.05, 3.63) is 59.4 Å². The number of alkyl halides is 3. The lowest BCUT2D eigenvalue weighted by Crippen LogP contribution is -2.10. The van der Waals surface area contributed by atoms with E-state index in [0.29, 0.717) is 0 Å². The average molecular weight is 267 g/mol. The van der Waals surface area contributed by atoms with Gasteiger partial charge in [-0.2, -0.15) is 18.3 Å². The second-order valence-corrected chi connectivity index (χ2v) is 3.64. The Morgan fingerprint density at radius 1 is 1.16 bits per heavy atom. The minimum Gasteiger partial charge on any atom is -0.410 e. The number of oxime groups is 1. The van der Waals surface area contributed by atoms with Crippen LogP contribution in [0.2, 0.25) is 0 Å². The molecular formula is C12H8F3N3O. The first-order valence-corrected chi connectivity index (χ1v) is 5.20. The van der Waals surface area contributed by atoms with E-state index in [1.54, 1.807) is 6.07 Å². The SMILES string of the molecule is ON=C(c1cccc(C(F)(F)F)c1)c1cccnn1. The van der Waals surface area contributed by atoms with Gasteiger partial charge in [0, 0.05) is 11.8 Å². The molecule has 0 bridgehead atoms. The number of halogens is 3. The molecule has 1 aromatic heterocycles. The third-order valence-electron chi connectivity index (χ3n) is 2.38. The van der Waals surface area contributed by atoms with E-state index in [-0.39, 0.29) is 17.0 Å². The van der Waals surface area contributed by atoms with Crippen molar-refractivity contribution >= 4 is 5.71 Å². The van der Waals surface area contributed by atoms with Gasteiger partial charge < -0.3 is 5.21 Å². The van der Waals surface area contributed by atoms with Gasteiger partial charge in [-0.15, -0.1) is 5.10 Å². The maximum Gasteiger partial charge on any atom is 0.416 e. The van der Waals surface area contributed by atoms with Crippen molar-refractivity contribution in [2.75, 3.05) is 0 Å². The molecule has 0 saturated carbocycles. The Labute approximate surface area is 106 Å². The Morgan fingerprint density at radius 2 is 1.95 bits per heavy atom. The molecular weight excluding hydrogens is 259 g/mol. The molecule has 0 aliphatic heterocycles. The van der Waals surface area contributed by atoms with Crippen molar-refractivity contribution in [1.82, 2.24) is 10.2 Å². The summed E-state index contributed by atoms with van der Waals surface area (Å²) in [6.45, 7) is 0. The third-order valence-corrected chi connectivity index (χ3v) is 2.38. The summed E-state index contributed by atoms with van der Waals surface area (Å²) in [5, 5.41) is 19.2. The zero-order chi connectivity index (χ0) is 13.9. The van der Waals surface area contributed by atoms with Crippen LogP contribution in [0.25, 0.3) is 0 Å². The summed E-state index contributed by atoms with van der Waals surface area (Å²) < 4.78 is 37.8. The number of hydrogen-bond acceptors (Lipinski definition) is 4.